The minimum absolute atomic E-state index is 0.0968. The lowest BCUT2D eigenvalue weighted by atomic mass is 9.71. The third-order valence-electron chi connectivity index (χ3n) is 3.35. The first-order chi connectivity index (χ1) is 6.99. The monoisotopic (exact) mass is 220 g/mol. The van der Waals surface area contributed by atoms with Crippen molar-refractivity contribution >= 4 is 0 Å². The molecule has 0 radical (unpaired) electrons. The molecule has 4 nitrogen and oxygen atoms in total. The second-order valence-electron chi connectivity index (χ2n) is 4.19. The second kappa shape index (κ2) is 6.43. The lowest BCUT2D eigenvalue weighted by molar-refractivity contribution is -0.269. The van der Waals surface area contributed by atoms with Crippen LogP contribution in [0.1, 0.15) is 46.0 Å². The summed E-state index contributed by atoms with van der Waals surface area (Å²) in [5.74, 6) is -2.10. The molecule has 4 N–H and O–H groups in total. The van der Waals surface area contributed by atoms with E-state index in [4.69, 9.17) is 10.2 Å². The van der Waals surface area contributed by atoms with E-state index in [0.29, 0.717) is 19.3 Å². The fraction of sp³-hybridized carbons (Fsp3) is 1.00. The maximum atomic E-state index is 9.79. The summed E-state index contributed by atoms with van der Waals surface area (Å²) in [6.07, 6.45) is 3.25. The lowest BCUT2D eigenvalue weighted by Crippen LogP contribution is -2.51. The number of rotatable bonds is 8. The normalized spacial score (nSPS) is 16.4. The summed E-state index contributed by atoms with van der Waals surface area (Å²) < 4.78 is 0. The van der Waals surface area contributed by atoms with Crippen molar-refractivity contribution < 1.29 is 20.4 Å². The van der Waals surface area contributed by atoms with Gasteiger partial charge in [-0.25, -0.2) is 0 Å². The molecule has 4 heteroatoms. The molecule has 0 aromatic rings. The Morgan fingerprint density at radius 2 is 1.60 bits per heavy atom. The average Bonchev–Trinajstić information content (AvgIpc) is 2.24. The largest absolute Gasteiger partial charge is 0.396 e. The maximum Gasteiger partial charge on any atom is 0.192 e. The van der Waals surface area contributed by atoms with Gasteiger partial charge in [-0.1, -0.05) is 26.7 Å². The van der Waals surface area contributed by atoms with E-state index in [1.165, 1.54) is 0 Å². The summed E-state index contributed by atoms with van der Waals surface area (Å²) in [5.41, 5.74) is -0.799. The van der Waals surface area contributed by atoms with Crippen LogP contribution in [0.15, 0.2) is 0 Å². The van der Waals surface area contributed by atoms with Gasteiger partial charge < -0.3 is 20.4 Å². The van der Waals surface area contributed by atoms with E-state index in [1.54, 1.807) is 0 Å². The third kappa shape index (κ3) is 3.41. The molecule has 0 aliphatic rings. The summed E-state index contributed by atoms with van der Waals surface area (Å²) in [7, 11) is 0. The van der Waals surface area contributed by atoms with Gasteiger partial charge in [0.05, 0.1) is 6.61 Å². The predicted octanol–water partition coefficient (Wildman–Crippen LogP) is 0.629. The predicted molar refractivity (Wildman–Crippen MR) is 58.2 cm³/mol. The number of hydrogen-bond acceptors (Lipinski definition) is 4. The van der Waals surface area contributed by atoms with Crippen LogP contribution in [0.25, 0.3) is 0 Å². The van der Waals surface area contributed by atoms with Gasteiger partial charge in [0.15, 0.2) is 5.79 Å². The molecule has 1 unspecified atom stereocenters. The minimum atomic E-state index is -2.10. The smallest absolute Gasteiger partial charge is 0.192 e. The highest BCUT2D eigenvalue weighted by Crippen LogP contribution is 2.41. The van der Waals surface area contributed by atoms with Crippen LogP contribution in [0, 0.1) is 5.41 Å². The van der Waals surface area contributed by atoms with E-state index in [1.807, 2.05) is 13.8 Å². The molecular weight excluding hydrogens is 196 g/mol. The second-order valence-corrected chi connectivity index (χ2v) is 4.19. The SMILES string of the molecule is CCCCC(CC)(CCO)C(O)(O)CO. The molecule has 0 saturated carbocycles. The lowest BCUT2D eigenvalue weighted by Gasteiger charge is -2.42. The molecule has 0 amide bonds. The van der Waals surface area contributed by atoms with Crippen LogP contribution in [-0.2, 0) is 0 Å². The average molecular weight is 220 g/mol. The van der Waals surface area contributed by atoms with E-state index >= 15 is 0 Å². The van der Waals surface area contributed by atoms with Crippen LogP contribution in [-0.4, -0.2) is 39.4 Å². The van der Waals surface area contributed by atoms with E-state index < -0.39 is 17.8 Å². The molecule has 0 aromatic carbocycles. The van der Waals surface area contributed by atoms with Crippen molar-refractivity contribution in [3.8, 4) is 0 Å². The van der Waals surface area contributed by atoms with Crippen LogP contribution < -0.4 is 0 Å². The molecule has 15 heavy (non-hydrogen) atoms. The zero-order valence-corrected chi connectivity index (χ0v) is 9.74. The van der Waals surface area contributed by atoms with Gasteiger partial charge in [-0.3, -0.25) is 0 Å². The zero-order chi connectivity index (χ0) is 11.9. The van der Waals surface area contributed by atoms with Gasteiger partial charge >= 0.3 is 0 Å². The molecule has 1 atom stereocenters. The Labute approximate surface area is 91.6 Å². The van der Waals surface area contributed by atoms with Crippen molar-refractivity contribution in [2.24, 2.45) is 5.41 Å². The van der Waals surface area contributed by atoms with E-state index in [-0.39, 0.29) is 6.61 Å². The highest BCUT2D eigenvalue weighted by Gasteiger charge is 2.46. The Balaban J connectivity index is 4.78. The molecular formula is C11H24O4. The first-order valence-electron chi connectivity index (χ1n) is 5.66. The van der Waals surface area contributed by atoms with E-state index in [2.05, 4.69) is 0 Å². The fourth-order valence-corrected chi connectivity index (χ4v) is 2.06. The quantitative estimate of drug-likeness (QED) is 0.452. The topological polar surface area (TPSA) is 80.9 Å². The Kier molecular flexibility index (Phi) is 6.36. The summed E-state index contributed by atoms with van der Waals surface area (Å²) in [6, 6.07) is 0. The molecule has 0 heterocycles. The summed E-state index contributed by atoms with van der Waals surface area (Å²) >= 11 is 0. The first-order valence-corrected chi connectivity index (χ1v) is 5.66. The first kappa shape index (κ1) is 14.8. The van der Waals surface area contributed by atoms with Gasteiger partial charge in [0.1, 0.15) is 0 Å². The molecule has 0 aromatic heterocycles. The Hall–Kier alpha value is -0.160. The molecule has 0 saturated heterocycles. The molecule has 0 fully saturated rings. The van der Waals surface area contributed by atoms with Gasteiger partial charge in [-0.2, -0.15) is 0 Å². The van der Waals surface area contributed by atoms with Crippen LogP contribution in [0.3, 0.4) is 0 Å². The van der Waals surface area contributed by atoms with Crippen molar-refractivity contribution in [1.82, 2.24) is 0 Å². The van der Waals surface area contributed by atoms with Crippen molar-refractivity contribution in [2.45, 2.75) is 51.7 Å². The van der Waals surface area contributed by atoms with Gasteiger partial charge in [0.2, 0.25) is 0 Å². The van der Waals surface area contributed by atoms with E-state index in [9.17, 15) is 10.2 Å². The summed E-state index contributed by atoms with van der Waals surface area (Å²) in [6.45, 7) is 3.09. The number of unbranched alkanes of at least 4 members (excludes halogenated alkanes) is 1. The summed E-state index contributed by atoms with van der Waals surface area (Å²) in [4.78, 5) is 0. The maximum absolute atomic E-state index is 9.79. The third-order valence-corrected chi connectivity index (χ3v) is 3.35. The molecule has 0 bridgehead atoms. The number of hydrogen-bond donors (Lipinski definition) is 4. The van der Waals surface area contributed by atoms with Crippen molar-refractivity contribution in [3.05, 3.63) is 0 Å². The molecule has 0 spiro atoms. The van der Waals surface area contributed by atoms with Crippen molar-refractivity contribution in [3.63, 3.8) is 0 Å². The highest BCUT2D eigenvalue weighted by molar-refractivity contribution is 4.90. The summed E-state index contributed by atoms with van der Waals surface area (Å²) in [5, 5.41) is 37.6. The molecule has 0 rings (SSSR count). The Morgan fingerprint density at radius 1 is 1.00 bits per heavy atom. The Morgan fingerprint density at radius 3 is 1.93 bits per heavy atom. The number of aliphatic hydroxyl groups excluding tert-OH is 2. The van der Waals surface area contributed by atoms with Crippen molar-refractivity contribution in [1.29, 1.82) is 0 Å². The van der Waals surface area contributed by atoms with Crippen molar-refractivity contribution in [2.75, 3.05) is 13.2 Å². The molecule has 0 aliphatic heterocycles. The van der Waals surface area contributed by atoms with Crippen LogP contribution >= 0.6 is 0 Å². The van der Waals surface area contributed by atoms with Gasteiger partial charge in [0, 0.05) is 12.0 Å². The van der Waals surface area contributed by atoms with Gasteiger partial charge in [0.25, 0.3) is 0 Å². The fourth-order valence-electron chi connectivity index (χ4n) is 2.06. The zero-order valence-electron chi connectivity index (χ0n) is 9.74. The van der Waals surface area contributed by atoms with Crippen LogP contribution in [0.2, 0.25) is 0 Å². The van der Waals surface area contributed by atoms with E-state index in [0.717, 1.165) is 12.8 Å². The Bertz CT molecular complexity index is 170. The molecule has 0 aliphatic carbocycles. The standard InChI is InChI=1S/C11H24O4/c1-3-5-6-10(4-2,7-8-12)11(14,15)9-13/h12-15H,3-9H2,1-2H3. The minimum Gasteiger partial charge on any atom is -0.396 e. The van der Waals surface area contributed by atoms with Crippen LogP contribution in [0.5, 0.6) is 0 Å². The highest BCUT2D eigenvalue weighted by atomic mass is 16.5. The molecule has 92 valence electrons. The van der Waals surface area contributed by atoms with Crippen LogP contribution in [0.4, 0.5) is 0 Å². The van der Waals surface area contributed by atoms with Gasteiger partial charge in [-0.05, 0) is 19.3 Å². The number of aliphatic hydroxyl groups is 4. The van der Waals surface area contributed by atoms with Gasteiger partial charge in [-0.15, -0.1) is 0 Å².